The molecule has 0 saturated carbocycles. The molecule has 0 fully saturated rings. The minimum atomic E-state index is -1.40. The molecule has 14 heavy (non-hydrogen) atoms. The Bertz CT molecular complexity index is 269. The highest BCUT2D eigenvalue weighted by Gasteiger charge is 2.46. The van der Waals surface area contributed by atoms with Crippen molar-refractivity contribution < 1.29 is 19.1 Å². The Morgan fingerprint density at radius 3 is 2.64 bits per heavy atom. The van der Waals surface area contributed by atoms with Crippen LogP contribution in [-0.4, -0.2) is 30.6 Å². The molecule has 0 aromatic carbocycles. The molecule has 1 aliphatic rings. The first-order valence-electron chi connectivity index (χ1n) is 4.60. The molecule has 0 aromatic rings. The topological polar surface area (TPSA) is 52.6 Å². The molecule has 0 bridgehead atoms. The van der Waals surface area contributed by atoms with E-state index >= 15 is 0 Å². The molecule has 1 aliphatic heterocycles. The summed E-state index contributed by atoms with van der Waals surface area (Å²) >= 11 is 0. The molecule has 1 atom stereocenters. The second kappa shape index (κ2) is 4.37. The summed E-state index contributed by atoms with van der Waals surface area (Å²) in [6.45, 7) is 3.57. The van der Waals surface area contributed by atoms with E-state index in [0.717, 1.165) is 0 Å². The van der Waals surface area contributed by atoms with Crippen molar-refractivity contribution in [1.82, 2.24) is 0 Å². The highest BCUT2D eigenvalue weighted by Crippen LogP contribution is 2.23. The van der Waals surface area contributed by atoms with Gasteiger partial charge in [-0.25, -0.2) is 4.79 Å². The lowest BCUT2D eigenvalue weighted by Gasteiger charge is -2.29. The average Bonchev–Trinajstić information content (AvgIpc) is 2.19. The standard InChI is InChI=1S/C10H14O4/c1-3-13-9(12)10(8(2)11)6-4-5-7-14-10/h4-5H,3,6-7H2,1-2H3. The Balaban J connectivity index is 2.87. The molecular weight excluding hydrogens is 184 g/mol. The first-order valence-corrected chi connectivity index (χ1v) is 4.60. The molecule has 0 aromatic heterocycles. The van der Waals surface area contributed by atoms with Crippen LogP contribution in [-0.2, 0) is 19.1 Å². The molecule has 0 radical (unpaired) electrons. The van der Waals surface area contributed by atoms with Crippen LogP contribution in [0, 0.1) is 0 Å². The fourth-order valence-electron chi connectivity index (χ4n) is 1.35. The van der Waals surface area contributed by atoms with E-state index < -0.39 is 11.6 Å². The molecule has 0 saturated heterocycles. The van der Waals surface area contributed by atoms with E-state index in [1.807, 2.05) is 0 Å². The predicted molar refractivity (Wildman–Crippen MR) is 49.8 cm³/mol. The lowest BCUT2D eigenvalue weighted by atomic mass is 9.93. The second-order valence-corrected chi connectivity index (χ2v) is 3.09. The van der Waals surface area contributed by atoms with Gasteiger partial charge < -0.3 is 9.47 Å². The van der Waals surface area contributed by atoms with E-state index in [4.69, 9.17) is 9.47 Å². The Hall–Kier alpha value is -1.16. The maximum absolute atomic E-state index is 11.6. The summed E-state index contributed by atoms with van der Waals surface area (Å²) in [5.41, 5.74) is -1.40. The van der Waals surface area contributed by atoms with Crippen LogP contribution in [0.1, 0.15) is 20.3 Å². The molecule has 0 aliphatic carbocycles. The van der Waals surface area contributed by atoms with Crippen LogP contribution < -0.4 is 0 Å². The second-order valence-electron chi connectivity index (χ2n) is 3.09. The zero-order valence-corrected chi connectivity index (χ0v) is 8.41. The van der Waals surface area contributed by atoms with Gasteiger partial charge in [0.1, 0.15) is 0 Å². The van der Waals surface area contributed by atoms with Crippen molar-refractivity contribution in [1.29, 1.82) is 0 Å². The number of esters is 1. The zero-order valence-electron chi connectivity index (χ0n) is 8.41. The van der Waals surface area contributed by atoms with Gasteiger partial charge in [-0.05, 0) is 13.8 Å². The van der Waals surface area contributed by atoms with Gasteiger partial charge in [-0.1, -0.05) is 12.2 Å². The average molecular weight is 198 g/mol. The molecule has 1 unspecified atom stereocenters. The Kier molecular flexibility index (Phi) is 3.41. The quantitative estimate of drug-likeness (QED) is 0.383. The Morgan fingerprint density at radius 1 is 1.50 bits per heavy atom. The first-order chi connectivity index (χ1) is 6.63. The van der Waals surface area contributed by atoms with Gasteiger partial charge in [-0.2, -0.15) is 0 Å². The van der Waals surface area contributed by atoms with Gasteiger partial charge in [0, 0.05) is 6.42 Å². The lowest BCUT2D eigenvalue weighted by Crippen LogP contribution is -2.50. The highest BCUT2D eigenvalue weighted by molar-refractivity contribution is 6.06. The van der Waals surface area contributed by atoms with Crippen molar-refractivity contribution >= 4 is 11.8 Å². The third kappa shape index (κ3) is 1.85. The van der Waals surface area contributed by atoms with Crippen molar-refractivity contribution in [3.05, 3.63) is 12.2 Å². The van der Waals surface area contributed by atoms with Crippen LogP contribution in [0.4, 0.5) is 0 Å². The third-order valence-corrected chi connectivity index (χ3v) is 2.17. The minimum Gasteiger partial charge on any atom is -0.463 e. The molecule has 1 rings (SSSR count). The number of carbonyl (C=O) groups excluding carboxylic acids is 2. The van der Waals surface area contributed by atoms with E-state index in [1.165, 1.54) is 6.92 Å². The monoisotopic (exact) mass is 198 g/mol. The summed E-state index contributed by atoms with van der Waals surface area (Å²) < 4.78 is 10.1. The summed E-state index contributed by atoms with van der Waals surface area (Å²) in [5.74, 6) is -0.892. The van der Waals surface area contributed by atoms with Gasteiger partial charge in [0.15, 0.2) is 5.78 Å². The Labute approximate surface area is 82.9 Å². The van der Waals surface area contributed by atoms with Crippen molar-refractivity contribution in [2.24, 2.45) is 0 Å². The molecule has 4 heteroatoms. The van der Waals surface area contributed by atoms with Gasteiger partial charge in [-0.3, -0.25) is 4.79 Å². The van der Waals surface area contributed by atoms with E-state index in [9.17, 15) is 9.59 Å². The summed E-state index contributed by atoms with van der Waals surface area (Å²) in [6, 6.07) is 0. The summed E-state index contributed by atoms with van der Waals surface area (Å²) in [7, 11) is 0. The smallest absolute Gasteiger partial charge is 0.346 e. The first kappa shape index (κ1) is 10.9. The number of rotatable bonds is 3. The van der Waals surface area contributed by atoms with Crippen molar-refractivity contribution in [2.45, 2.75) is 25.9 Å². The SMILES string of the molecule is CCOC(=O)C1(C(C)=O)CC=CCO1. The van der Waals surface area contributed by atoms with Crippen LogP contribution in [0.2, 0.25) is 0 Å². The lowest BCUT2D eigenvalue weighted by molar-refractivity contribution is -0.175. The van der Waals surface area contributed by atoms with Gasteiger partial charge in [0.05, 0.1) is 13.2 Å². The number of Topliss-reactive ketones (excluding diaryl/α,β-unsaturated/α-hetero) is 1. The van der Waals surface area contributed by atoms with Crippen LogP contribution in [0.15, 0.2) is 12.2 Å². The summed E-state index contributed by atoms with van der Waals surface area (Å²) in [5, 5.41) is 0. The van der Waals surface area contributed by atoms with Crippen LogP contribution >= 0.6 is 0 Å². The van der Waals surface area contributed by atoms with Crippen LogP contribution in [0.25, 0.3) is 0 Å². The molecule has 0 N–H and O–H groups in total. The summed E-state index contributed by atoms with van der Waals surface area (Å²) in [6.07, 6.45) is 3.81. The molecule has 4 nitrogen and oxygen atoms in total. The molecular formula is C10H14O4. The number of hydrogen-bond donors (Lipinski definition) is 0. The van der Waals surface area contributed by atoms with E-state index in [1.54, 1.807) is 19.1 Å². The van der Waals surface area contributed by atoms with Gasteiger partial charge in [0.2, 0.25) is 5.60 Å². The van der Waals surface area contributed by atoms with Gasteiger partial charge in [-0.15, -0.1) is 0 Å². The predicted octanol–water partition coefficient (Wildman–Crippen LogP) is 0.854. The summed E-state index contributed by atoms with van der Waals surface area (Å²) in [4.78, 5) is 22.9. The molecule has 1 heterocycles. The number of ether oxygens (including phenoxy) is 2. The van der Waals surface area contributed by atoms with Gasteiger partial charge >= 0.3 is 5.97 Å². The minimum absolute atomic E-state index is 0.251. The molecule has 0 spiro atoms. The number of carbonyl (C=O) groups is 2. The number of hydrogen-bond acceptors (Lipinski definition) is 4. The Morgan fingerprint density at radius 2 is 2.21 bits per heavy atom. The largest absolute Gasteiger partial charge is 0.463 e. The third-order valence-electron chi connectivity index (χ3n) is 2.17. The maximum Gasteiger partial charge on any atom is 0.346 e. The van der Waals surface area contributed by atoms with E-state index in [0.29, 0.717) is 0 Å². The van der Waals surface area contributed by atoms with Gasteiger partial charge in [0.25, 0.3) is 0 Å². The van der Waals surface area contributed by atoms with Crippen molar-refractivity contribution in [2.75, 3.05) is 13.2 Å². The van der Waals surface area contributed by atoms with Crippen molar-refractivity contribution in [3.63, 3.8) is 0 Å². The molecule has 0 amide bonds. The van der Waals surface area contributed by atoms with E-state index in [2.05, 4.69) is 0 Å². The van der Waals surface area contributed by atoms with Crippen LogP contribution in [0.3, 0.4) is 0 Å². The fourth-order valence-corrected chi connectivity index (χ4v) is 1.35. The highest BCUT2D eigenvalue weighted by atomic mass is 16.6. The molecule has 78 valence electrons. The fraction of sp³-hybridized carbons (Fsp3) is 0.600. The van der Waals surface area contributed by atoms with E-state index in [-0.39, 0.29) is 25.4 Å². The van der Waals surface area contributed by atoms with Crippen LogP contribution in [0.5, 0.6) is 0 Å². The number of ketones is 1. The van der Waals surface area contributed by atoms with Crippen molar-refractivity contribution in [3.8, 4) is 0 Å². The normalized spacial score (nSPS) is 25.9. The zero-order chi connectivity index (χ0) is 10.6. The maximum atomic E-state index is 11.6.